The van der Waals surface area contributed by atoms with Gasteiger partial charge in [-0.3, -0.25) is 4.79 Å². The highest BCUT2D eigenvalue weighted by atomic mass is 35.5. The average Bonchev–Trinajstić information content (AvgIpc) is 3.38. The molecular formula is C22H25Cl2N3O2. The van der Waals surface area contributed by atoms with E-state index in [1.54, 1.807) is 6.26 Å². The van der Waals surface area contributed by atoms with E-state index in [0.717, 1.165) is 5.69 Å². The molecule has 154 valence electrons. The molecule has 1 aliphatic heterocycles. The predicted octanol–water partition coefficient (Wildman–Crippen LogP) is 4.31. The maximum atomic E-state index is 13.1. The third kappa shape index (κ3) is 4.64. The lowest BCUT2D eigenvalue weighted by Crippen LogP contribution is -2.30. The van der Waals surface area contributed by atoms with Crippen molar-refractivity contribution in [2.45, 2.75) is 12.8 Å². The number of amides is 1. The van der Waals surface area contributed by atoms with Crippen molar-refractivity contribution in [3.63, 3.8) is 0 Å². The van der Waals surface area contributed by atoms with Crippen LogP contribution in [0.15, 0.2) is 65.3 Å². The summed E-state index contributed by atoms with van der Waals surface area (Å²) in [7, 11) is 0. The second-order valence-corrected chi connectivity index (χ2v) is 7.03. The molecule has 0 saturated carbocycles. The third-order valence-corrected chi connectivity index (χ3v) is 5.35. The fourth-order valence-electron chi connectivity index (χ4n) is 3.87. The van der Waals surface area contributed by atoms with Gasteiger partial charge in [0.25, 0.3) is 5.91 Å². The monoisotopic (exact) mass is 433 g/mol. The normalized spacial score (nSPS) is 18.1. The molecule has 3 aromatic rings. The van der Waals surface area contributed by atoms with Crippen molar-refractivity contribution in [2.24, 2.45) is 11.7 Å². The lowest BCUT2D eigenvalue weighted by Gasteiger charge is -2.18. The molecule has 4 rings (SSSR count). The smallest absolute Gasteiger partial charge is 0.255 e. The molecule has 1 amide bonds. The van der Waals surface area contributed by atoms with E-state index in [4.69, 9.17) is 10.2 Å². The molecule has 0 bridgehead atoms. The van der Waals surface area contributed by atoms with E-state index in [9.17, 15) is 4.79 Å². The number of aromatic nitrogens is 1. The number of likely N-dealkylation sites (tertiary alicyclic amines) is 1. The molecule has 29 heavy (non-hydrogen) atoms. The minimum atomic E-state index is 0. The van der Waals surface area contributed by atoms with Crippen molar-refractivity contribution >= 4 is 30.7 Å². The zero-order valence-electron chi connectivity index (χ0n) is 16.2. The van der Waals surface area contributed by atoms with Crippen LogP contribution in [0, 0.1) is 12.8 Å². The van der Waals surface area contributed by atoms with E-state index in [-0.39, 0.29) is 42.6 Å². The number of halogens is 2. The molecule has 0 unspecified atom stereocenters. The van der Waals surface area contributed by atoms with Gasteiger partial charge in [-0.05, 0) is 49.2 Å². The Balaban J connectivity index is 0.00000150. The molecule has 1 aliphatic rings. The van der Waals surface area contributed by atoms with Gasteiger partial charge >= 0.3 is 0 Å². The summed E-state index contributed by atoms with van der Waals surface area (Å²) < 4.78 is 5.39. The van der Waals surface area contributed by atoms with Crippen LogP contribution in [-0.2, 0) is 0 Å². The Hall–Kier alpha value is -2.34. The fraction of sp³-hybridized carbons (Fsp3) is 0.273. The number of furan rings is 1. The molecule has 0 radical (unpaired) electrons. The molecule has 1 fully saturated rings. The van der Waals surface area contributed by atoms with Gasteiger partial charge in [0.05, 0.1) is 17.5 Å². The van der Waals surface area contributed by atoms with Crippen LogP contribution >= 0.6 is 24.8 Å². The fourth-order valence-corrected chi connectivity index (χ4v) is 3.87. The summed E-state index contributed by atoms with van der Waals surface area (Å²) in [4.78, 5) is 19.6. The zero-order chi connectivity index (χ0) is 18.8. The van der Waals surface area contributed by atoms with E-state index < -0.39 is 0 Å². The molecule has 0 spiro atoms. The maximum Gasteiger partial charge on any atom is 0.255 e. The van der Waals surface area contributed by atoms with Crippen molar-refractivity contribution in [1.29, 1.82) is 0 Å². The molecule has 2 atom stereocenters. The van der Waals surface area contributed by atoms with Crippen LogP contribution in [0.1, 0.15) is 27.5 Å². The van der Waals surface area contributed by atoms with Gasteiger partial charge in [-0.15, -0.1) is 24.8 Å². The summed E-state index contributed by atoms with van der Waals surface area (Å²) in [6, 6.07) is 17.7. The standard InChI is InChI=1S/C22H23N3O2.2ClH/c1-15-18(9-10-20(24-15)21-8-5-11-27-21)22(26)25-13-17(12-23)19(14-25)16-6-3-2-4-7-16;;/h2-11,17,19H,12-14,23H2,1H3;2*1H/t17-,19+;;/m1../s1. The Bertz CT molecular complexity index is 932. The number of benzene rings is 1. The van der Waals surface area contributed by atoms with Gasteiger partial charge in [0.15, 0.2) is 5.76 Å². The van der Waals surface area contributed by atoms with Crippen LogP contribution in [0.2, 0.25) is 0 Å². The van der Waals surface area contributed by atoms with Gasteiger partial charge < -0.3 is 15.1 Å². The first-order valence-electron chi connectivity index (χ1n) is 9.23. The average molecular weight is 434 g/mol. The summed E-state index contributed by atoms with van der Waals surface area (Å²) >= 11 is 0. The first kappa shape index (κ1) is 22.9. The van der Waals surface area contributed by atoms with Gasteiger partial charge in [-0.25, -0.2) is 4.98 Å². The SMILES string of the molecule is Cc1nc(-c2ccco2)ccc1C(=O)N1C[C@@H](CN)[C@H](c2ccccc2)C1.Cl.Cl. The number of carbonyl (C=O) groups is 1. The van der Waals surface area contributed by atoms with Crippen molar-refractivity contribution in [1.82, 2.24) is 9.88 Å². The Morgan fingerprint density at radius 3 is 2.48 bits per heavy atom. The van der Waals surface area contributed by atoms with Crippen LogP contribution in [0.4, 0.5) is 0 Å². The number of rotatable bonds is 4. The van der Waals surface area contributed by atoms with Gasteiger partial charge in [-0.2, -0.15) is 0 Å². The van der Waals surface area contributed by atoms with E-state index in [2.05, 4.69) is 17.1 Å². The van der Waals surface area contributed by atoms with Gasteiger partial charge in [0.1, 0.15) is 5.69 Å². The zero-order valence-corrected chi connectivity index (χ0v) is 17.8. The predicted molar refractivity (Wildman–Crippen MR) is 119 cm³/mol. The molecule has 1 aromatic carbocycles. The molecule has 7 heteroatoms. The van der Waals surface area contributed by atoms with E-state index in [1.807, 2.05) is 54.3 Å². The molecule has 2 aromatic heterocycles. The highest BCUT2D eigenvalue weighted by Crippen LogP contribution is 2.33. The number of hydrogen-bond donors (Lipinski definition) is 1. The number of nitrogens with two attached hydrogens (primary N) is 1. The van der Waals surface area contributed by atoms with Crippen molar-refractivity contribution < 1.29 is 9.21 Å². The largest absolute Gasteiger partial charge is 0.463 e. The molecule has 2 N–H and O–H groups in total. The van der Waals surface area contributed by atoms with Gasteiger partial charge in [-0.1, -0.05) is 30.3 Å². The highest BCUT2D eigenvalue weighted by molar-refractivity contribution is 5.95. The molecular weight excluding hydrogens is 409 g/mol. The third-order valence-electron chi connectivity index (χ3n) is 5.35. The van der Waals surface area contributed by atoms with E-state index >= 15 is 0 Å². The van der Waals surface area contributed by atoms with Gasteiger partial charge in [0.2, 0.25) is 0 Å². The molecule has 0 aliphatic carbocycles. The summed E-state index contributed by atoms with van der Waals surface area (Å²) in [5.74, 6) is 1.26. The number of pyridine rings is 1. The first-order valence-corrected chi connectivity index (χ1v) is 9.23. The van der Waals surface area contributed by atoms with Crippen molar-refractivity contribution in [3.8, 4) is 11.5 Å². The Kier molecular flexibility index (Phi) is 7.85. The molecule has 5 nitrogen and oxygen atoms in total. The number of carbonyl (C=O) groups excluding carboxylic acids is 1. The summed E-state index contributed by atoms with van der Waals surface area (Å²) in [5, 5.41) is 0. The first-order chi connectivity index (χ1) is 13.2. The second-order valence-electron chi connectivity index (χ2n) is 7.03. The maximum absolute atomic E-state index is 13.1. The van der Waals surface area contributed by atoms with Crippen LogP contribution in [0.5, 0.6) is 0 Å². The lowest BCUT2D eigenvalue weighted by molar-refractivity contribution is 0.0785. The van der Waals surface area contributed by atoms with Crippen molar-refractivity contribution in [3.05, 3.63) is 77.7 Å². The molecule has 3 heterocycles. The van der Waals surface area contributed by atoms with Crippen LogP contribution in [-0.4, -0.2) is 35.4 Å². The van der Waals surface area contributed by atoms with Crippen LogP contribution in [0.3, 0.4) is 0 Å². The quantitative estimate of drug-likeness (QED) is 0.664. The highest BCUT2D eigenvalue weighted by Gasteiger charge is 2.36. The van der Waals surface area contributed by atoms with E-state index in [0.29, 0.717) is 36.7 Å². The number of nitrogens with zero attached hydrogens (tertiary/aromatic N) is 2. The van der Waals surface area contributed by atoms with E-state index in [1.165, 1.54) is 5.56 Å². The van der Waals surface area contributed by atoms with Crippen molar-refractivity contribution in [2.75, 3.05) is 19.6 Å². The minimum Gasteiger partial charge on any atom is -0.463 e. The Morgan fingerprint density at radius 1 is 1.10 bits per heavy atom. The second kappa shape index (κ2) is 9.92. The lowest BCUT2D eigenvalue weighted by atomic mass is 9.89. The minimum absolute atomic E-state index is 0. The molecule has 1 saturated heterocycles. The summed E-state index contributed by atoms with van der Waals surface area (Å²) in [6.07, 6.45) is 1.62. The Labute approximate surface area is 183 Å². The van der Waals surface area contributed by atoms with Crippen LogP contribution in [0.25, 0.3) is 11.5 Å². The number of hydrogen-bond acceptors (Lipinski definition) is 4. The van der Waals surface area contributed by atoms with Gasteiger partial charge in [0, 0.05) is 19.0 Å². The topological polar surface area (TPSA) is 72.4 Å². The summed E-state index contributed by atoms with van der Waals surface area (Å²) in [6.45, 7) is 3.79. The Morgan fingerprint density at radius 2 is 1.86 bits per heavy atom. The number of aryl methyl sites for hydroxylation is 1. The van der Waals surface area contributed by atoms with Crippen LogP contribution < -0.4 is 5.73 Å². The summed E-state index contributed by atoms with van der Waals surface area (Å²) in [5.41, 5.74) is 9.33.